The summed E-state index contributed by atoms with van der Waals surface area (Å²) in [6.07, 6.45) is 1.35. The van der Waals surface area contributed by atoms with Gasteiger partial charge in [-0.25, -0.2) is 9.78 Å². The molecule has 1 atom stereocenters. The average molecular weight is 482 g/mol. The second-order valence-corrected chi connectivity index (χ2v) is 9.07. The third kappa shape index (κ3) is 3.18. The molecule has 6 rings (SSSR count). The van der Waals surface area contributed by atoms with Gasteiger partial charge in [0.2, 0.25) is 0 Å². The van der Waals surface area contributed by atoms with Gasteiger partial charge in [-0.15, -0.1) is 0 Å². The highest BCUT2D eigenvalue weighted by Crippen LogP contribution is 2.43. The molecule has 2 aliphatic heterocycles. The Morgan fingerprint density at radius 1 is 1.17 bits per heavy atom. The van der Waals surface area contributed by atoms with Gasteiger partial charge < -0.3 is 24.6 Å². The van der Waals surface area contributed by atoms with Crippen LogP contribution in [0.1, 0.15) is 41.2 Å². The number of hydrogen-bond donors (Lipinski definition) is 2. The van der Waals surface area contributed by atoms with Crippen molar-refractivity contribution >= 4 is 23.1 Å². The van der Waals surface area contributed by atoms with Gasteiger partial charge >= 0.3 is 5.97 Å². The van der Waals surface area contributed by atoms with Crippen LogP contribution in [0.15, 0.2) is 59.4 Å². The van der Waals surface area contributed by atoms with Gasteiger partial charge in [0.1, 0.15) is 19.0 Å². The lowest BCUT2D eigenvalue weighted by Crippen LogP contribution is -2.44. The Hall–Kier alpha value is -4.30. The van der Waals surface area contributed by atoms with Crippen LogP contribution in [0, 0.1) is 5.41 Å². The number of carbonyl (C=O) groups is 1. The molecule has 0 spiro atoms. The van der Waals surface area contributed by atoms with Gasteiger partial charge in [-0.05, 0) is 35.7 Å². The number of aliphatic hydroxyl groups is 1. The molecule has 0 bridgehead atoms. The quantitative estimate of drug-likeness (QED) is 0.293. The summed E-state index contributed by atoms with van der Waals surface area (Å²) in [6, 6.07) is 17.0. The van der Waals surface area contributed by atoms with Crippen molar-refractivity contribution in [2.24, 2.45) is 0 Å². The van der Waals surface area contributed by atoms with Crippen LogP contribution in [-0.4, -0.2) is 26.8 Å². The molecule has 0 saturated heterocycles. The third-order valence-electron chi connectivity index (χ3n) is 7.05. The van der Waals surface area contributed by atoms with Crippen molar-refractivity contribution in [3.63, 3.8) is 0 Å². The Balaban J connectivity index is 1.57. The molecule has 8 nitrogen and oxygen atoms in total. The first-order valence-electron chi connectivity index (χ1n) is 11.8. The molecule has 0 fully saturated rings. The van der Waals surface area contributed by atoms with E-state index in [9.17, 15) is 14.7 Å². The summed E-state index contributed by atoms with van der Waals surface area (Å²) in [7, 11) is 0. The van der Waals surface area contributed by atoms with E-state index in [1.165, 1.54) is 6.21 Å². The lowest BCUT2D eigenvalue weighted by Gasteiger charge is -2.31. The molecular formula is C28H23N3O5. The van der Waals surface area contributed by atoms with E-state index >= 15 is 0 Å². The first-order chi connectivity index (χ1) is 17.4. The fourth-order valence-corrected chi connectivity index (χ4v) is 5.04. The van der Waals surface area contributed by atoms with E-state index in [1.54, 1.807) is 23.6 Å². The van der Waals surface area contributed by atoms with Gasteiger partial charge in [-0.2, -0.15) is 0 Å². The van der Waals surface area contributed by atoms with Crippen LogP contribution in [0.25, 0.3) is 22.3 Å². The Labute approximate surface area is 206 Å². The highest BCUT2D eigenvalue weighted by atomic mass is 16.6. The Bertz CT molecular complexity index is 1630. The summed E-state index contributed by atoms with van der Waals surface area (Å²) < 4.78 is 13.1. The molecule has 2 aromatic carbocycles. The molecule has 0 unspecified atom stereocenters. The van der Waals surface area contributed by atoms with E-state index in [4.69, 9.17) is 19.9 Å². The zero-order valence-electron chi connectivity index (χ0n) is 19.6. The minimum Gasteiger partial charge on any atom is -0.488 e. The molecule has 180 valence electrons. The van der Waals surface area contributed by atoms with Crippen LogP contribution in [0.2, 0.25) is 0 Å². The Kier molecular flexibility index (Phi) is 5.01. The van der Waals surface area contributed by atoms with Crippen molar-refractivity contribution in [1.29, 1.82) is 5.41 Å². The van der Waals surface area contributed by atoms with Gasteiger partial charge in [-0.3, -0.25) is 4.79 Å². The van der Waals surface area contributed by atoms with Gasteiger partial charge in [0, 0.05) is 22.7 Å². The van der Waals surface area contributed by atoms with E-state index in [0.717, 1.165) is 16.5 Å². The number of aromatic nitrogens is 2. The van der Waals surface area contributed by atoms with Crippen molar-refractivity contribution in [2.75, 3.05) is 0 Å². The number of hydrogen-bond acceptors (Lipinski definition) is 7. The van der Waals surface area contributed by atoms with E-state index in [-0.39, 0.29) is 36.3 Å². The van der Waals surface area contributed by atoms with Gasteiger partial charge in [-0.1, -0.05) is 43.3 Å². The molecule has 4 heterocycles. The van der Waals surface area contributed by atoms with Gasteiger partial charge in [0.15, 0.2) is 5.60 Å². The molecule has 2 N–H and O–H groups in total. The monoisotopic (exact) mass is 481 g/mol. The Morgan fingerprint density at radius 2 is 1.97 bits per heavy atom. The predicted molar refractivity (Wildman–Crippen MR) is 133 cm³/mol. The van der Waals surface area contributed by atoms with Gasteiger partial charge in [0.25, 0.3) is 5.56 Å². The third-order valence-corrected chi connectivity index (χ3v) is 7.05. The number of pyridine rings is 2. The minimum atomic E-state index is -1.88. The maximum atomic E-state index is 13.5. The maximum Gasteiger partial charge on any atom is 0.343 e. The van der Waals surface area contributed by atoms with Crippen LogP contribution >= 0.6 is 0 Å². The SMILES string of the molecule is CC[C@@]1(O)C(=O)OCc2c1cc1n(c2=O)Cc2c-1nc1ccc(C=N)cc1c2OCc1ccccc1. The van der Waals surface area contributed by atoms with Gasteiger partial charge in [0.05, 0.1) is 29.0 Å². The maximum absolute atomic E-state index is 13.5. The summed E-state index contributed by atoms with van der Waals surface area (Å²) in [5, 5.41) is 19.5. The van der Waals surface area contributed by atoms with Crippen molar-refractivity contribution < 1.29 is 19.4 Å². The van der Waals surface area contributed by atoms with E-state index in [2.05, 4.69) is 0 Å². The predicted octanol–water partition coefficient (Wildman–Crippen LogP) is 3.66. The molecular weight excluding hydrogens is 458 g/mol. The van der Waals surface area contributed by atoms with Crippen molar-refractivity contribution in [1.82, 2.24) is 9.55 Å². The van der Waals surface area contributed by atoms with E-state index < -0.39 is 11.6 Å². The first kappa shape index (κ1) is 22.2. The number of ether oxygens (including phenoxy) is 2. The molecule has 2 aromatic heterocycles. The van der Waals surface area contributed by atoms with E-state index in [0.29, 0.717) is 34.8 Å². The lowest BCUT2D eigenvalue weighted by atomic mass is 9.86. The molecule has 0 aliphatic carbocycles. The fraction of sp³-hybridized carbons (Fsp3) is 0.214. The summed E-state index contributed by atoms with van der Waals surface area (Å²) in [4.78, 5) is 30.8. The summed E-state index contributed by atoms with van der Waals surface area (Å²) in [5.74, 6) is -0.153. The molecule has 4 aromatic rings. The molecule has 0 radical (unpaired) electrons. The zero-order valence-corrected chi connectivity index (χ0v) is 19.6. The topological polar surface area (TPSA) is 115 Å². The minimum absolute atomic E-state index is 0.0809. The van der Waals surface area contributed by atoms with E-state index in [1.807, 2.05) is 42.5 Å². The summed E-state index contributed by atoms with van der Waals surface area (Å²) in [5.41, 5.74) is 2.55. The molecule has 8 heteroatoms. The number of cyclic esters (lactones) is 1. The smallest absolute Gasteiger partial charge is 0.343 e. The number of benzene rings is 2. The van der Waals surface area contributed by atoms with Crippen LogP contribution in [0.5, 0.6) is 5.75 Å². The molecule has 0 amide bonds. The number of nitrogens with zero attached hydrogens (tertiary/aromatic N) is 2. The highest BCUT2D eigenvalue weighted by Gasteiger charge is 2.45. The number of esters is 1. The lowest BCUT2D eigenvalue weighted by molar-refractivity contribution is -0.172. The molecule has 2 aliphatic rings. The molecule has 36 heavy (non-hydrogen) atoms. The number of carbonyl (C=O) groups excluding carboxylic acids is 1. The first-order valence-corrected chi connectivity index (χ1v) is 11.8. The highest BCUT2D eigenvalue weighted by molar-refractivity contribution is 5.95. The van der Waals surface area contributed by atoms with Crippen molar-refractivity contribution in [2.45, 2.75) is 38.7 Å². The molecule has 0 saturated carbocycles. The fourth-order valence-electron chi connectivity index (χ4n) is 5.04. The Morgan fingerprint density at radius 3 is 2.72 bits per heavy atom. The second-order valence-electron chi connectivity index (χ2n) is 9.07. The standard InChI is InChI=1S/C28H23N3O5/c1-2-28(34)21-11-23-24-19(13-31(23)26(32)20(21)15-36-27(28)33)25(35-14-16-6-4-3-5-7-16)18-10-17(12-29)8-9-22(18)30-24/h3-12,29,34H,2,13-15H2,1H3/t28-/m0/s1. The largest absolute Gasteiger partial charge is 0.488 e. The van der Waals surface area contributed by atoms with Crippen LogP contribution in [-0.2, 0) is 34.9 Å². The van der Waals surface area contributed by atoms with Crippen LogP contribution < -0.4 is 10.3 Å². The number of nitrogens with one attached hydrogen (secondary N) is 1. The van der Waals surface area contributed by atoms with Crippen molar-refractivity contribution in [3.8, 4) is 17.1 Å². The summed E-state index contributed by atoms with van der Waals surface area (Å²) >= 11 is 0. The zero-order chi connectivity index (χ0) is 25.0. The van der Waals surface area contributed by atoms with Crippen LogP contribution in [0.3, 0.4) is 0 Å². The number of rotatable bonds is 5. The summed E-state index contributed by atoms with van der Waals surface area (Å²) in [6.45, 7) is 2.05. The normalized spacial score (nSPS) is 17.8. The second kappa shape index (κ2) is 8.13. The number of fused-ring (bicyclic) bond motifs is 5. The van der Waals surface area contributed by atoms with Crippen molar-refractivity contribution in [3.05, 3.63) is 92.8 Å². The van der Waals surface area contributed by atoms with Crippen LogP contribution in [0.4, 0.5) is 0 Å². The average Bonchev–Trinajstić information content (AvgIpc) is 3.28.